The first-order chi connectivity index (χ1) is 16.3. The molecule has 0 heterocycles. The standard InChI is InChI=1S/C29H29O4P/c1-29(2,25-11-7-4-8-12-25)26-17-21-28(22-18-26)33-34(30,31)32-27-19-15-24(16-20-27)14-13-23-9-5-3-6-10-23/h3-12,15-22H,13-14H2,1-2H3,(H,30,31). The summed E-state index contributed by atoms with van der Waals surface area (Å²) in [7, 11) is -4.33. The largest absolute Gasteiger partial charge is 0.584 e. The third-order valence-corrected chi connectivity index (χ3v) is 6.86. The number of benzene rings is 4. The molecule has 0 aliphatic heterocycles. The molecule has 174 valence electrons. The lowest BCUT2D eigenvalue weighted by atomic mass is 9.78. The predicted molar refractivity (Wildman–Crippen MR) is 136 cm³/mol. The molecule has 0 aliphatic carbocycles. The molecule has 0 amide bonds. The van der Waals surface area contributed by atoms with Gasteiger partial charge >= 0.3 is 7.82 Å². The Labute approximate surface area is 201 Å². The third-order valence-electron chi connectivity index (χ3n) is 5.98. The number of aryl methyl sites for hydroxylation is 2. The van der Waals surface area contributed by atoms with Gasteiger partial charge < -0.3 is 9.05 Å². The number of hydrogen-bond acceptors (Lipinski definition) is 3. The maximum absolute atomic E-state index is 12.6. The van der Waals surface area contributed by atoms with Gasteiger partial charge in [0.05, 0.1) is 0 Å². The van der Waals surface area contributed by atoms with E-state index in [4.69, 9.17) is 9.05 Å². The minimum absolute atomic E-state index is 0.207. The van der Waals surface area contributed by atoms with Gasteiger partial charge in [-0.15, -0.1) is 0 Å². The summed E-state index contributed by atoms with van der Waals surface area (Å²) < 4.78 is 23.1. The van der Waals surface area contributed by atoms with Crippen molar-refractivity contribution in [2.45, 2.75) is 32.1 Å². The molecule has 0 radical (unpaired) electrons. The molecule has 0 saturated heterocycles. The van der Waals surface area contributed by atoms with E-state index in [0.29, 0.717) is 0 Å². The van der Waals surface area contributed by atoms with E-state index in [0.717, 1.165) is 24.0 Å². The summed E-state index contributed by atoms with van der Waals surface area (Å²) in [5, 5.41) is 0. The zero-order chi connectivity index (χ0) is 24.0. The van der Waals surface area contributed by atoms with Gasteiger partial charge in [0.1, 0.15) is 11.5 Å². The molecule has 1 N–H and O–H groups in total. The number of rotatable bonds is 9. The molecular weight excluding hydrogens is 443 g/mol. The second-order valence-corrected chi connectivity index (χ2v) is 10.1. The van der Waals surface area contributed by atoms with Crippen molar-refractivity contribution >= 4 is 7.82 Å². The fourth-order valence-corrected chi connectivity index (χ4v) is 4.70. The average molecular weight is 473 g/mol. The fraction of sp³-hybridized carbons (Fsp3) is 0.172. The average Bonchev–Trinajstić information content (AvgIpc) is 2.85. The Hall–Kier alpha value is -3.33. The highest BCUT2D eigenvalue weighted by Gasteiger charge is 2.26. The molecule has 4 rings (SSSR count). The lowest BCUT2D eigenvalue weighted by Gasteiger charge is -2.26. The van der Waals surface area contributed by atoms with Crippen molar-refractivity contribution in [3.05, 3.63) is 131 Å². The molecule has 0 fully saturated rings. The van der Waals surface area contributed by atoms with Gasteiger partial charge in [-0.25, -0.2) is 4.57 Å². The molecular formula is C29H29O4P. The summed E-state index contributed by atoms with van der Waals surface area (Å²) in [5.41, 5.74) is 4.45. The van der Waals surface area contributed by atoms with Crippen LogP contribution < -0.4 is 9.05 Å². The van der Waals surface area contributed by atoms with Crippen LogP contribution >= 0.6 is 7.82 Å². The van der Waals surface area contributed by atoms with E-state index in [1.54, 1.807) is 24.3 Å². The lowest BCUT2D eigenvalue weighted by molar-refractivity contribution is 0.291. The highest BCUT2D eigenvalue weighted by atomic mass is 31.2. The minimum Gasteiger partial charge on any atom is -0.395 e. The van der Waals surface area contributed by atoms with Crippen LogP contribution in [0.15, 0.2) is 109 Å². The highest BCUT2D eigenvalue weighted by Crippen LogP contribution is 2.45. The van der Waals surface area contributed by atoms with Crippen LogP contribution in [-0.2, 0) is 22.8 Å². The quantitative estimate of drug-likeness (QED) is 0.259. The zero-order valence-corrected chi connectivity index (χ0v) is 20.3. The first-order valence-corrected chi connectivity index (χ1v) is 12.8. The molecule has 0 aromatic heterocycles. The second kappa shape index (κ2) is 10.3. The Morgan fingerprint density at radius 1 is 0.618 bits per heavy atom. The van der Waals surface area contributed by atoms with E-state index in [9.17, 15) is 9.46 Å². The van der Waals surface area contributed by atoms with Crippen molar-refractivity contribution in [1.82, 2.24) is 0 Å². The van der Waals surface area contributed by atoms with Crippen LogP contribution in [0.1, 0.15) is 36.1 Å². The molecule has 5 heteroatoms. The van der Waals surface area contributed by atoms with E-state index >= 15 is 0 Å². The first-order valence-electron chi connectivity index (χ1n) is 11.3. The van der Waals surface area contributed by atoms with E-state index in [1.807, 2.05) is 60.7 Å². The Morgan fingerprint density at radius 3 is 1.56 bits per heavy atom. The van der Waals surface area contributed by atoms with Crippen LogP contribution in [0.25, 0.3) is 0 Å². The Bertz CT molecular complexity index is 1240. The molecule has 0 aliphatic rings. The van der Waals surface area contributed by atoms with Crippen LogP contribution in [0.5, 0.6) is 11.5 Å². The SMILES string of the molecule is CC(C)(c1ccccc1)c1ccc(OP(=O)(O)Oc2ccc(CCc3ccccc3)cc2)cc1. The first kappa shape index (κ1) is 23.8. The summed E-state index contributed by atoms with van der Waals surface area (Å²) in [6.07, 6.45) is 1.81. The molecule has 0 spiro atoms. The van der Waals surface area contributed by atoms with Crippen LogP contribution in [0.3, 0.4) is 0 Å². The van der Waals surface area contributed by atoms with Crippen molar-refractivity contribution in [2.75, 3.05) is 0 Å². The molecule has 4 aromatic carbocycles. The topological polar surface area (TPSA) is 55.8 Å². The van der Waals surface area contributed by atoms with E-state index < -0.39 is 7.82 Å². The van der Waals surface area contributed by atoms with Crippen LogP contribution in [0.2, 0.25) is 0 Å². The van der Waals surface area contributed by atoms with E-state index in [2.05, 4.69) is 38.1 Å². The maximum Gasteiger partial charge on any atom is 0.584 e. The summed E-state index contributed by atoms with van der Waals surface area (Å²) >= 11 is 0. The summed E-state index contributed by atoms with van der Waals surface area (Å²) in [6.45, 7) is 4.28. The van der Waals surface area contributed by atoms with Gasteiger partial charge in [0, 0.05) is 5.41 Å². The van der Waals surface area contributed by atoms with Gasteiger partial charge in [-0.1, -0.05) is 98.8 Å². The second-order valence-electron chi connectivity index (χ2n) is 8.80. The smallest absolute Gasteiger partial charge is 0.395 e. The van der Waals surface area contributed by atoms with Crippen molar-refractivity contribution in [2.24, 2.45) is 0 Å². The lowest BCUT2D eigenvalue weighted by Crippen LogP contribution is -2.18. The predicted octanol–water partition coefficient (Wildman–Crippen LogP) is 7.36. The number of hydrogen-bond donors (Lipinski definition) is 1. The number of phosphoric acid groups is 1. The van der Waals surface area contributed by atoms with Crippen LogP contribution in [-0.4, -0.2) is 4.89 Å². The van der Waals surface area contributed by atoms with Gasteiger partial charge in [0.25, 0.3) is 0 Å². The summed E-state index contributed by atoms with van der Waals surface area (Å²) in [4.78, 5) is 10.3. The third kappa shape index (κ3) is 6.17. The van der Waals surface area contributed by atoms with Gasteiger partial charge in [0.15, 0.2) is 0 Å². The Balaban J connectivity index is 1.36. The molecule has 1 atom stereocenters. The molecule has 4 aromatic rings. The zero-order valence-electron chi connectivity index (χ0n) is 19.4. The van der Waals surface area contributed by atoms with Gasteiger partial charge in [0.2, 0.25) is 0 Å². The number of phosphoric ester groups is 1. The van der Waals surface area contributed by atoms with E-state index in [-0.39, 0.29) is 16.9 Å². The molecule has 0 saturated carbocycles. The minimum atomic E-state index is -4.33. The van der Waals surface area contributed by atoms with E-state index in [1.165, 1.54) is 11.1 Å². The van der Waals surface area contributed by atoms with Crippen molar-refractivity contribution in [3.8, 4) is 11.5 Å². The van der Waals surface area contributed by atoms with Crippen molar-refractivity contribution in [1.29, 1.82) is 0 Å². The Morgan fingerprint density at radius 2 is 1.03 bits per heavy atom. The fourth-order valence-electron chi connectivity index (χ4n) is 3.89. The van der Waals surface area contributed by atoms with Crippen LogP contribution in [0.4, 0.5) is 0 Å². The van der Waals surface area contributed by atoms with Gasteiger partial charge in [-0.05, 0) is 59.4 Å². The summed E-state index contributed by atoms with van der Waals surface area (Å²) in [6, 6.07) is 34.9. The Kier molecular flexibility index (Phi) is 7.21. The monoisotopic (exact) mass is 472 g/mol. The molecule has 1 unspecified atom stereocenters. The maximum atomic E-state index is 12.6. The van der Waals surface area contributed by atoms with Gasteiger partial charge in [-0.3, -0.25) is 4.89 Å². The van der Waals surface area contributed by atoms with Crippen LogP contribution in [0, 0.1) is 0 Å². The van der Waals surface area contributed by atoms with Crippen molar-refractivity contribution in [3.63, 3.8) is 0 Å². The normalized spacial score (nSPS) is 13.1. The molecule has 34 heavy (non-hydrogen) atoms. The highest BCUT2D eigenvalue weighted by molar-refractivity contribution is 7.48. The van der Waals surface area contributed by atoms with Gasteiger partial charge in [-0.2, -0.15) is 0 Å². The molecule has 0 bridgehead atoms. The van der Waals surface area contributed by atoms with Crippen molar-refractivity contribution < 1.29 is 18.5 Å². The summed E-state index contributed by atoms with van der Waals surface area (Å²) in [5.74, 6) is 0.564. The molecule has 4 nitrogen and oxygen atoms in total.